The van der Waals surface area contributed by atoms with Crippen LogP contribution in [0.4, 0.5) is 0 Å². The van der Waals surface area contributed by atoms with E-state index in [9.17, 15) is 67.8 Å². The zero-order chi connectivity index (χ0) is 69.5. The van der Waals surface area contributed by atoms with Crippen molar-refractivity contribution in [3.8, 4) is 34.5 Å². The van der Waals surface area contributed by atoms with Gasteiger partial charge in [0, 0.05) is 80.0 Å². The fourth-order valence-corrected chi connectivity index (χ4v) is 6.38. The predicted molar refractivity (Wildman–Crippen MR) is 360 cm³/mol. The number of carbonyl (C=O) groups excluding carboxylic acids is 6. The van der Waals surface area contributed by atoms with Gasteiger partial charge in [-0.25, -0.2) is 0 Å². The van der Waals surface area contributed by atoms with E-state index in [2.05, 4.69) is 0 Å². The van der Waals surface area contributed by atoms with Crippen LogP contribution in [-0.2, 0) is 61.3 Å². The summed E-state index contributed by atoms with van der Waals surface area (Å²) in [5.41, 5.74) is 4.41. The molecule has 0 aliphatic heterocycles. The van der Waals surface area contributed by atoms with Gasteiger partial charge in [-0.1, -0.05) is 109 Å². The smallest absolute Gasteiger partial charge is 0.545 e. The van der Waals surface area contributed by atoms with Crippen LogP contribution in [-0.4, -0.2) is 109 Å². The summed E-state index contributed by atoms with van der Waals surface area (Å²) in [6, 6.07) is 43.3. The Morgan fingerprint density at radius 1 is 0.281 bits per heavy atom. The first kappa shape index (κ1) is 99.4. The van der Waals surface area contributed by atoms with E-state index in [1.54, 1.807) is 97.8 Å². The molecule has 26 heteroatoms. The van der Waals surface area contributed by atoms with E-state index in [4.69, 9.17) is 28.4 Å². The summed E-state index contributed by atoms with van der Waals surface area (Å²) in [6.07, 6.45) is 21.2. The van der Waals surface area contributed by atoms with Gasteiger partial charge < -0.3 is 98.8 Å². The molecule has 514 valence electrons. The number of carbonyl (C=O) groups is 6. The largest absolute Gasteiger partial charge is 3.00 e. The van der Waals surface area contributed by atoms with Gasteiger partial charge in [0.1, 0.15) is 34.5 Å². The molecule has 6 aromatic rings. The van der Waals surface area contributed by atoms with Crippen molar-refractivity contribution in [2.45, 2.75) is 41.5 Å². The Hall–Kier alpha value is -7.70. The molecule has 0 bridgehead atoms. The van der Waals surface area contributed by atoms with E-state index >= 15 is 0 Å². The molecular weight excluding hydrogens is 1550 g/mol. The second kappa shape index (κ2) is 64.6. The van der Waals surface area contributed by atoms with Crippen molar-refractivity contribution in [2.24, 2.45) is 0 Å². The van der Waals surface area contributed by atoms with Crippen LogP contribution >= 0.6 is 0 Å². The quantitative estimate of drug-likeness (QED) is 0.0620. The number of rotatable bonds is 24. The van der Waals surface area contributed by atoms with E-state index in [1.807, 2.05) is 114 Å². The third-order valence-electron chi connectivity index (χ3n) is 9.71. The number of hydrogen-bond acceptors (Lipinski definition) is 20. The molecule has 6 rings (SSSR count). The number of carboxylic acid groups (broad SMARTS) is 6. The number of para-hydroxylation sites is 6. The number of aliphatic carboxylic acids is 6. The van der Waals surface area contributed by atoms with Crippen LogP contribution in [0.15, 0.2) is 182 Å². The number of benzene rings is 6. The average molecular weight is 1630 g/mol. The maximum atomic E-state index is 10.2. The fourth-order valence-electron chi connectivity index (χ4n) is 6.38. The first-order chi connectivity index (χ1) is 43.9. The summed E-state index contributed by atoms with van der Waals surface area (Å²) in [6.45, 7) is 14.6. The molecule has 0 spiro atoms. The zero-order valence-corrected chi connectivity index (χ0v) is 63.2. The van der Waals surface area contributed by atoms with Gasteiger partial charge in [0.2, 0.25) is 0 Å². The molecule has 0 aliphatic carbocycles. The summed E-state index contributed by atoms with van der Waals surface area (Å²) in [5.74, 6) is -3.23. The predicted octanol–water partition coefficient (Wildman–Crippen LogP) is 3.24. The van der Waals surface area contributed by atoms with Crippen molar-refractivity contribution in [1.29, 1.82) is 0 Å². The molecule has 0 saturated heterocycles. The van der Waals surface area contributed by atoms with Crippen molar-refractivity contribution in [3.05, 3.63) is 215 Å². The van der Waals surface area contributed by atoms with Crippen LogP contribution < -0.4 is 59.1 Å². The molecule has 0 atom stereocenters. The standard InChI is InChI=1S/6C11H12O3.2C2H6OS.2Nd.2H2O/c6*1-2-14-10-6-4-3-5-9(10)7-8-11(12)13;2*1-4(2)3;;;;/h6*3-8H,2H2,1H3,(H,12,13);2*1-2H3;;;2*1H2/q;;;;;;;;2*+3;;/p-4/b6*8-7+;;;;;;. The Morgan fingerprint density at radius 3 is 0.479 bits per heavy atom. The van der Waals surface area contributed by atoms with E-state index in [0.717, 1.165) is 69.8 Å². The van der Waals surface area contributed by atoms with Gasteiger partial charge in [-0.2, -0.15) is 0 Å². The van der Waals surface area contributed by atoms with Crippen LogP contribution in [0.3, 0.4) is 0 Å². The van der Waals surface area contributed by atoms with Gasteiger partial charge in [-0.05, 0) is 151 Å². The molecule has 0 unspecified atom stereocenters. The summed E-state index contributed by atoms with van der Waals surface area (Å²) >= 11 is 0. The Bertz CT molecular complexity index is 2820. The number of carboxylic acids is 6. The Kier molecular flexibility index (Phi) is 66.9. The summed E-state index contributed by atoms with van der Waals surface area (Å²) < 4.78 is 50.9. The van der Waals surface area contributed by atoms with Crippen LogP contribution in [0.1, 0.15) is 74.9 Å². The molecule has 0 saturated carbocycles. The van der Waals surface area contributed by atoms with Crippen LogP contribution in [0, 0.1) is 81.7 Å². The molecule has 0 aliphatic rings. The first-order valence-electron chi connectivity index (χ1n) is 28.0. The Morgan fingerprint density at radius 2 is 0.385 bits per heavy atom. The molecule has 0 amide bonds. The summed E-state index contributed by atoms with van der Waals surface area (Å²) in [4.78, 5) is 61.2. The van der Waals surface area contributed by atoms with E-state index in [1.165, 1.54) is 36.5 Å². The van der Waals surface area contributed by atoms with Crippen LogP contribution in [0.5, 0.6) is 34.5 Å². The maximum Gasteiger partial charge on any atom is 3.00 e. The van der Waals surface area contributed by atoms with Crippen LogP contribution in [0.25, 0.3) is 36.5 Å². The minimum Gasteiger partial charge on any atom is -0.545 e. The van der Waals surface area contributed by atoms with Crippen molar-refractivity contribution in [1.82, 2.24) is 0 Å². The number of hydrogen-bond donors (Lipinski definition) is 0. The van der Waals surface area contributed by atoms with Gasteiger partial charge in [-0.15, -0.1) is 0 Å². The van der Waals surface area contributed by atoms with Crippen molar-refractivity contribution < 1.29 is 189 Å². The minimum absolute atomic E-state index is 0. The second-order valence-corrected chi connectivity index (χ2v) is 20.2. The molecule has 22 nitrogen and oxygen atoms in total. The molecule has 0 aromatic heterocycles. The maximum absolute atomic E-state index is 10.2. The third-order valence-corrected chi connectivity index (χ3v) is 9.71. The van der Waals surface area contributed by atoms with E-state index in [-0.39, 0.29) is 92.6 Å². The van der Waals surface area contributed by atoms with Gasteiger partial charge in [0.05, 0.1) is 75.5 Å². The third kappa shape index (κ3) is 55.6. The topological polar surface area (TPSA) is 396 Å². The molecule has 0 fully saturated rings. The molecule has 6 N–H and O–H groups in total. The molecule has 2 radical (unpaired) electrons. The van der Waals surface area contributed by atoms with Gasteiger partial charge in [-0.3, -0.25) is 8.42 Å². The SMILES string of the molecule is CCOc1ccccc1/C=C/C(=O)[O-].CCOc1ccccc1/C=C/C(=O)[O-].CCOc1ccccc1/C=C/C(=O)[O-].CCOc1ccccc1/C=C/C(=O)[O-].CCOc1ccccc1/C=C/C(=O)[O-].CCOc1ccccc1/C=C/C(=O)[O-].CS(C)=O.CS(C)=O.[Nd+3].[Nd+3].[OH3+].[OH3+]. The normalized spacial score (nSPS) is 9.79. The second-order valence-electron chi connectivity index (χ2n) is 17.2. The Labute approximate surface area is 632 Å². The monoisotopic (exact) mass is 1620 g/mol. The first-order valence-corrected chi connectivity index (χ1v) is 32.0. The van der Waals surface area contributed by atoms with Crippen molar-refractivity contribution in [3.63, 3.8) is 0 Å². The van der Waals surface area contributed by atoms with E-state index < -0.39 is 57.4 Å². The minimum atomic E-state index is -1.21. The summed E-state index contributed by atoms with van der Waals surface area (Å²) in [5, 5.41) is 61.2. The number of ether oxygens (including phenoxy) is 6. The van der Waals surface area contributed by atoms with E-state index in [0.29, 0.717) is 74.1 Å². The average Bonchev–Trinajstić information content (AvgIpc) is 1.10. The van der Waals surface area contributed by atoms with Gasteiger partial charge in [0.15, 0.2) is 0 Å². The summed E-state index contributed by atoms with van der Waals surface area (Å²) in [7, 11) is -1.22. The van der Waals surface area contributed by atoms with Crippen LogP contribution in [0.2, 0.25) is 0 Å². The molecule has 96 heavy (non-hydrogen) atoms. The molecule has 6 aromatic carbocycles. The Balaban J connectivity index is -0.000000245. The van der Waals surface area contributed by atoms with Crippen molar-refractivity contribution in [2.75, 3.05) is 64.7 Å². The molecule has 0 heterocycles. The van der Waals surface area contributed by atoms with Gasteiger partial charge >= 0.3 is 81.7 Å². The molecular formula is C70H84Nd2O22S2+2. The van der Waals surface area contributed by atoms with Gasteiger partial charge in [0.25, 0.3) is 0 Å². The fraction of sp³-hybridized carbons (Fsp3) is 0.229. The van der Waals surface area contributed by atoms with Crippen molar-refractivity contribution >= 4 is 93.9 Å². The zero-order valence-electron chi connectivity index (χ0n) is 55.2.